The fourth-order valence-corrected chi connectivity index (χ4v) is 6.48. The summed E-state index contributed by atoms with van der Waals surface area (Å²) in [6, 6.07) is 22.6. The van der Waals surface area contributed by atoms with E-state index >= 15 is 0 Å². The Morgan fingerprint density at radius 3 is 2.67 bits per heavy atom. The number of benzene rings is 3. The maximum Gasteiger partial charge on any atom is 0.262 e. The molecular weight excluding hydrogens is 472 g/mol. The molecule has 0 aliphatic heterocycles. The number of hydrogen-bond acceptors (Lipinski definition) is 5. The Kier molecular flexibility index (Phi) is 5.34. The van der Waals surface area contributed by atoms with E-state index in [1.807, 2.05) is 66.3 Å². The number of sulfonamides is 1. The van der Waals surface area contributed by atoms with Crippen molar-refractivity contribution >= 4 is 43.3 Å². The van der Waals surface area contributed by atoms with Gasteiger partial charge in [0.05, 0.1) is 29.3 Å². The Bertz CT molecular complexity index is 1730. The molecule has 1 unspecified atom stereocenters. The SMILES string of the molecule is COc1cccc2c1C(Nc1ccc3c(NS(=O)(=O)c4cccc5c4ccn5C)cccc3n1)CC2. The minimum absolute atomic E-state index is 0.106. The number of anilines is 2. The Balaban J connectivity index is 1.31. The number of methoxy groups -OCH3 is 1. The van der Waals surface area contributed by atoms with Gasteiger partial charge in [0, 0.05) is 35.1 Å². The van der Waals surface area contributed by atoms with Gasteiger partial charge in [-0.05, 0) is 66.9 Å². The second-order valence-corrected chi connectivity index (χ2v) is 10.7. The van der Waals surface area contributed by atoms with E-state index in [0.29, 0.717) is 16.6 Å². The van der Waals surface area contributed by atoms with Crippen molar-refractivity contribution in [3.05, 3.63) is 90.1 Å². The Labute approximate surface area is 209 Å². The number of pyridine rings is 1. The number of fused-ring (bicyclic) bond motifs is 3. The molecule has 0 saturated carbocycles. The van der Waals surface area contributed by atoms with Crippen molar-refractivity contribution in [2.24, 2.45) is 7.05 Å². The minimum atomic E-state index is -3.81. The van der Waals surface area contributed by atoms with Crippen LogP contribution in [0.5, 0.6) is 5.75 Å². The second kappa shape index (κ2) is 8.57. The summed E-state index contributed by atoms with van der Waals surface area (Å²) in [7, 11) is -0.217. The van der Waals surface area contributed by atoms with Crippen LogP contribution in [0.4, 0.5) is 11.5 Å². The van der Waals surface area contributed by atoms with E-state index in [9.17, 15) is 8.42 Å². The van der Waals surface area contributed by atoms with Crippen LogP contribution in [-0.2, 0) is 23.5 Å². The Morgan fingerprint density at radius 2 is 1.81 bits per heavy atom. The third-order valence-electron chi connectivity index (χ3n) is 6.90. The molecule has 1 aliphatic carbocycles. The molecule has 2 heterocycles. The highest BCUT2D eigenvalue weighted by Gasteiger charge is 2.26. The molecule has 3 aromatic carbocycles. The zero-order valence-electron chi connectivity index (χ0n) is 20.0. The smallest absolute Gasteiger partial charge is 0.262 e. The largest absolute Gasteiger partial charge is 0.496 e. The fourth-order valence-electron chi connectivity index (χ4n) is 5.18. The number of aromatic nitrogens is 2. The lowest BCUT2D eigenvalue weighted by Gasteiger charge is -2.18. The lowest BCUT2D eigenvalue weighted by Crippen LogP contribution is -2.14. The Morgan fingerprint density at radius 1 is 0.972 bits per heavy atom. The van der Waals surface area contributed by atoms with Gasteiger partial charge in [-0.2, -0.15) is 0 Å². The molecule has 1 aliphatic rings. The summed E-state index contributed by atoms with van der Waals surface area (Å²) in [5.74, 6) is 1.62. The first-order valence-corrected chi connectivity index (χ1v) is 13.3. The zero-order chi connectivity index (χ0) is 24.9. The summed E-state index contributed by atoms with van der Waals surface area (Å²) >= 11 is 0. The van der Waals surface area contributed by atoms with Gasteiger partial charge >= 0.3 is 0 Å². The Hall–Kier alpha value is -4.04. The maximum absolute atomic E-state index is 13.4. The van der Waals surface area contributed by atoms with Crippen LogP contribution in [0.3, 0.4) is 0 Å². The summed E-state index contributed by atoms with van der Waals surface area (Å²) < 4.78 is 37.0. The first-order chi connectivity index (χ1) is 17.4. The quantitative estimate of drug-likeness (QED) is 0.317. The normalized spacial score (nSPS) is 15.2. The molecule has 0 radical (unpaired) electrons. The van der Waals surface area contributed by atoms with Gasteiger partial charge in [-0.15, -0.1) is 0 Å². The monoisotopic (exact) mass is 498 g/mol. The summed E-state index contributed by atoms with van der Waals surface area (Å²) in [6.45, 7) is 0. The van der Waals surface area contributed by atoms with Crippen molar-refractivity contribution in [2.45, 2.75) is 23.8 Å². The first kappa shape index (κ1) is 22.4. The number of ether oxygens (including phenoxy) is 1. The topological polar surface area (TPSA) is 85.3 Å². The number of nitrogens with zero attached hydrogens (tertiary/aromatic N) is 2. The summed E-state index contributed by atoms with van der Waals surface area (Å²) in [5.41, 5.74) is 4.53. The molecule has 0 spiro atoms. The van der Waals surface area contributed by atoms with Crippen LogP contribution in [0.25, 0.3) is 21.8 Å². The van der Waals surface area contributed by atoms with E-state index in [2.05, 4.69) is 16.1 Å². The van der Waals surface area contributed by atoms with Gasteiger partial charge in [0.25, 0.3) is 10.0 Å². The van der Waals surface area contributed by atoms with Gasteiger partial charge in [0.15, 0.2) is 0 Å². The average molecular weight is 499 g/mol. The highest BCUT2D eigenvalue weighted by atomic mass is 32.2. The molecule has 0 saturated heterocycles. The van der Waals surface area contributed by atoms with Crippen LogP contribution in [0.1, 0.15) is 23.6 Å². The molecular formula is C28H26N4O3S. The van der Waals surface area contributed by atoms with Gasteiger partial charge in [-0.25, -0.2) is 13.4 Å². The van der Waals surface area contributed by atoms with Crippen LogP contribution in [0.15, 0.2) is 83.9 Å². The van der Waals surface area contributed by atoms with E-state index in [-0.39, 0.29) is 10.9 Å². The number of aryl methyl sites for hydroxylation is 2. The van der Waals surface area contributed by atoms with Gasteiger partial charge in [0.1, 0.15) is 11.6 Å². The molecule has 6 rings (SSSR count). The highest BCUT2D eigenvalue weighted by Crippen LogP contribution is 2.40. The first-order valence-electron chi connectivity index (χ1n) is 11.8. The van der Waals surface area contributed by atoms with E-state index in [1.165, 1.54) is 11.1 Å². The predicted octanol–water partition coefficient (Wildman–Crippen LogP) is 5.64. The fraction of sp³-hybridized carbons (Fsp3) is 0.179. The van der Waals surface area contributed by atoms with Crippen LogP contribution < -0.4 is 14.8 Å². The van der Waals surface area contributed by atoms with Gasteiger partial charge in [-0.1, -0.05) is 24.3 Å². The van der Waals surface area contributed by atoms with E-state index in [1.54, 1.807) is 25.3 Å². The summed E-state index contributed by atoms with van der Waals surface area (Å²) in [4.78, 5) is 5.04. The summed E-state index contributed by atoms with van der Waals surface area (Å²) in [6.07, 6.45) is 3.80. The number of nitrogens with one attached hydrogen (secondary N) is 2. The predicted molar refractivity (Wildman–Crippen MR) is 143 cm³/mol. The van der Waals surface area contributed by atoms with Crippen molar-refractivity contribution in [1.82, 2.24) is 9.55 Å². The third kappa shape index (κ3) is 3.74. The number of hydrogen-bond donors (Lipinski definition) is 2. The van der Waals surface area contributed by atoms with Gasteiger partial charge in [-0.3, -0.25) is 4.72 Å². The van der Waals surface area contributed by atoms with Gasteiger partial charge in [0.2, 0.25) is 0 Å². The molecule has 5 aromatic rings. The molecule has 2 aromatic heterocycles. The van der Waals surface area contributed by atoms with E-state index in [0.717, 1.165) is 35.3 Å². The average Bonchev–Trinajstić information content (AvgIpc) is 3.47. The van der Waals surface area contributed by atoms with E-state index < -0.39 is 10.0 Å². The van der Waals surface area contributed by atoms with Crippen molar-refractivity contribution in [1.29, 1.82) is 0 Å². The molecule has 1 atom stereocenters. The summed E-state index contributed by atoms with van der Waals surface area (Å²) in [5, 5.41) is 4.97. The molecule has 36 heavy (non-hydrogen) atoms. The lowest BCUT2D eigenvalue weighted by molar-refractivity contribution is 0.408. The van der Waals surface area contributed by atoms with Crippen LogP contribution >= 0.6 is 0 Å². The lowest BCUT2D eigenvalue weighted by atomic mass is 10.1. The van der Waals surface area contributed by atoms with E-state index in [4.69, 9.17) is 9.72 Å². The molecule has 0 amide bonds. The minimum Gasteiger partial charge on any atom is -0.496 e. The third-order valence-corrected chi connectivity index (χ3v) is 8.33. The highest BCUT2D eigenvalue weighted by molar-refractivity contribution is 7.93. The molecule has 7 nitrogen and oxygen atoms in total. The molecule has 0 bridgehead atoms. The molecule has 182 valence electrons. The molecule has 2 N–H and O–H groups in total. The molecule has 8 heteroatoms. The van der Waals surface area contributed by atoms with Crippen LogP contribution in [0, 0.1) is 0 Å². The van der Waals surface area contributed by atoms with Crippen molar-refractivity contribution in [2.75, 3.05) is 17.1 Å². The molecule has 0 fully saturated rings. The van der Waals surface area contributed by atoms with Crippen molar-refractivity contribution in [3.63, 3.8) is 0 Å². The standard InChI is InChI=1S/C28H26N4O3S/c1-32-17-16-20-24(32)9-5-11-26(20)36(33,34)31-22-8-4-7-21-19(22)13-15-27(29-21)30-23-14-12-18-6-3-10-25(35-2)28(18)23/h3-11,13,15-17,23,31H,12,14H2,1-2H3,(H,29,30). The second-order valence-electron chi connectivity index (χ2n) is 9.06. The maximum atomic E-state index is 13.4. The van der Waals surface area contributed by atoms with Crippen LogP contribution in [-0.4, -0.2) is 25.1 Å². The number of rotatable bonds is 6. The van der Waals surface area contributed by atoms with Crippen molar-refractivity contribution < 1.29 is 13.2 Å². The van der Waals surface area contributed by atoms with Crippen LogP contribution in [0.2, 0.25) is 0 Å². The van der Waals surface area contributed by atoms with Crippen molar-refractivity contribution in [3.8, 4) is 5.75 Å². The van der Waals surface area contributed by atoms with Gasteiger partial charge < -0.3 is 14.6 Å². The zero-order valence-corrected chi connectivity index (χ0v) is 20.8.